The first-order valence-electron chi connectivity index (χ1n) is 6.09. The fourth-order valence-electron chi connectivity index (χ4n) is 2.32. The van der Waals surface area contributed by atoms with Crippen molar-refractivity contribution in [2.75, 3.05) is 0 Å². The Morgan fingerprint density at radius 2 is 2.38 bits per heavy atom. The van der Waals surface area contributed by atoms with Crippen LogP contribution in [0.3, 0.4) is 0 Å². The maximum Gasteiger partial charge on any atom is 0.0888 e. The zero-order valence-electron chi connectivity index (χ0n) is 10.1. The zero-order chi connectivity index (χ0) is 11.5. The number of rotatable bonds is 4. The summed E-state index contributed by atoms with van der Waals surface area (Å²) in [6, 6.07) is 2.43. The summed E-state index contributed by atoms with van der Waals surface area (Å²) in [7, 11) is 0. The lowest BCUT2D eigenvalue weighted by atomic mass is 10.3. The van der Waals surface area contributed by atoms with Crippen LogP contribution in [-0.4, -0.2) is 21.9 Å². The molecule has 1 heterocycles. The van der Waals surface area contributed by atoms with E-state index >= 15 is 0 Å². The predicted octanol–water partition coefficient (Wildman–Crippen LogP) is 1.61. The minimum atomic E-state index is 0.336. The van der Waals surface area contributed by atoms with Crippen molar-refractivity contribution in [3.05, 3.63) is 17.5 Å². The third kappa shape index (κ3) is 2.62. The van der Waals surface area contributed by atoms with Crippen LogP contribution in [0.25, 0.3) is 0 Å². The largest absolute Gasteiger partial charge is 0.372 e. The van der Waals surface area contributed by atoms with Crippen molar-refractivity contribution in [2.45, 2.75) is 58.4 Å². The van der Waals surface area contributed by atoms with Crippen molar-refractivity contribution in [2.24, 2.45) is 5.73 Å². The highest BCUT2D eigenvalue weighted by molar-refractivity contribution is 5.07. The van der Waals surface area contributed by atoms with E-state index in [1.807, 2.05) is 11.6 Å². The van der Waals surface area contributed by atoms with Crippen molar-refractivity contribution >= 4 is 0 Å². The lowest BCUT2D eigenvalue weighted by Crippen LogP contribution is -2.18. The van der Waals surface area contributed by atoms with Crippen LogP contribution < -0.4 is 5.73 Å². The molecule has 4 heteroatoms. The summed E-state index contributed by atoms with van der Waals surface area (Å²) in [5.41, 5.74) is 8.08. The summed E-state index contributed by atoms with van der Waals surface area (Å²) < 4.78 is 7.88. The number of nitrogens with two attached hydrogens (primary N) is 1. The van der Waals surface area contributed by atoms with Gasteiger partial charge in [-0.1, -0.05) is 0 Å². The van der Waals surface area contributed by atoms with Gasteiger partial charge in [0.05, 0.1) is 24.1 Å². The lowest BCUT2D eigenvalue weighted by Gasteiger charge is -2.12. The van der Waals surface area contributed by atoms with Crippen LogP contribution >= 0.6 is 0 Å². The molecule has 0 amide bonds. The van der Waals surface area contributed by atoms with E-state index in [-0.39, 0.29) is 0 Å². The molecule has 2 rings (SSSR count). The summed E-state index contributed by atoms with van der Waals surface area (Å²) in [5, 5.41) is 4.40. The number of aryl methyl sites for hydroxylation is 2. The second kappa shape index (κ2) is 4.97. The third-order valence-electron chi connectivity index (χ3n) is 3.18. The van der Waals surface area contributed by atoms with Crippen LogP contribution in [0.1, 0.15) is 37.6 Å². The standard InChI is InChI=1S/C12H21N3O/c1-3-15-11(6-9(2)14-15)8-16-12-5-4-10(13)7-12/h6,10,12H,3-5,7-8,13H2,1-2H3. The van der Waals surface area contributed by atoms with E-state index in [0.717, 1.165) is 31.5 Å². The van der Waals surface area contributed by atoms with Gasteiger partial charge in [-0.05, 0) is 39.2 Å². The van der Waals surface area contributed by atoms with Gasteiger partial charge in [0.2, 0.25) is 0 Å². The van der Waals surface area contributed by atoms with Crippen LogP contribution in [0.5, 0.6) is 0 Å². The third-order valence-corrected chi connectivity index (χ3v) is 3.18. The molecule has 16 heavy (non-hydrogen) atoms. The molecule has 0 bridgehead atoms. The molecule has 0 radical (unpaired) electrons. The van der Waals surface area contributed by atoms with Gasteiger partial charge in [-0.2, -0.15) is 5.10 Å². The molecule has 0 spiro atoms. The Bertz CT molecular complexity index is 348. The first-order chi connectivity index (χ1) is 7.69. The summed E-state index contributed by atoms with van der Waals surface area (Å²) in [4.78, 5) is 0. The first-order valence-corrected chi connectivity index (χ1v) is 6.09. The van der Waals surface area contributed by atoms with Gasteiger partial charge in [0, 0.05) is 12.6 Å². The van der Waals surface area contributed by atoms with Crippen LogP contribution in [0.4, 0.5) is 0 Å². The molecule has 1 saturated carbocycles. The van der Waals surface area contributed by atoms with Gasteiger partial charge in [0.1, 0.15) is 0 Å². The molecule has 0 aromatic carbocycles. The summed E-state index contributed by atoms with van der Waals surface area (Å²) in [5.74, 6) is 0. The zero-order valence-corrected chi connectivity index (χ0v) is 10.1. The van der Waals surface area contributed by atoms with E-state index in [9.17, 15) is 0 Å². The Hall–Kier alpha value is -0.870. The van der Waals surface area contributed by atoms with Gasteiger partial charge in [0.25, 0.3) is 0 Å². The molecule has 2 N–H and O–H groups in total. The first kappa shape index (κ1) is 11.6. The second-order valence-electron chi connectivity index (χ2n) is 4.60. The molecule has 0 saturated heterocycles. The molecule has 2 unspecified atom stereocenters. The van der Waals surface area contributed by atoms with Gasteiger partial charge in [-0.25, -0.2) is 0 Å². The molecule has 4 nitrogen and oxygen atoms in total. The topological polar surface area (TPSA) is 53.1 Å². The van der Waals surface area contributed by atoms with E-state index < -0.39 is 0 Å². The quantitative estimate of drug-likeness (QED) is 0.843. The monoisotopic (exact) mass is 223 g/mol. The van der Waals surface area contributed by atoms with Gasteiger partial charge in [-0.3, -0.25) is 4.68 Å². The molecule has 1 aromatic rings. The predicted molar refractivity (Wildman–Crippen MR) is 63.0 cm³/mol. The number of hydrogen-bond donors (Lipinski definition) is 1. The fourth-order valence-corrected chi connectivity index (χ4v) is 2.32. The van der Waals surface area contributed by atoms with Crippen molar-refractivity contribution in [1.29, 1.82) is 0 Å². The smallest absolute Gasteiger partial charge is 0.0888 e. The minimum absolute atomic E-state index is 0.336. The number of hydrogen-bond acceptors (Lipinski definition) is 3. The van der Waals surface area contributed by atoms with E-state index in [0.29, 0.717) is 18.8 Å². The maximum absolute atomic E-state index is 5.87. The highest BCUT2D eigenvalue weighted by Gasteiger charge is 2.22. The lowest BCUT2D eigenvalue weighted by molar-refractivity contribution is 0.0409. The number of nitrogens with zero attached hydrogens (tertiary/aromatic N) is 2. The second-order valence-corrected chi connectivity index (χ2v) is 4.60. The van der Waals surface area contributed by atoms with E-state index in [1.165, 1.54) is 5.69 Å². The molecular formula is C12H21N3O. The molecule has 0 aliphatic heterocycles. The normalized spacial score (nSPS) is 25.2. The molecule has 1 aliphatic rings. The fraction of sp³-hybridized carbons (Fsp3) is 0.750. The Morgan fingerprint density at radius 1 is 1.56 bits per heavy atom. The Morgan fingerprint density at radius 3 is 3.00 bits per heavy atom. The average Bonchev–Trinajstić information content (AvgIpc) is 2.81. The Labute approximate surface area is 96.8 Å². The molecule has 1 aliphatic carbocycles. The molecule has 1 fully saturated rings. The Balaban J connectivity index is 1.89. The number of aromatic nitrogens is 2. The SMILES string of the molecule is CCn1nc(C)cc1COC1CCC(N)C1. The Kier molecular flexibility index (Phi) is 3.61. The minimum Gasteiger partial charge on any atom is -0.372 e. The average molecular weight is 223 g/mol. The summed E-state index contributed by atoms with van der Waals surface area (Å²) in [6.07, 6.45) is 3.53. The summed E-state index contributed by atoms with van der Waals surface area (Å²) >= 11 is 0. The van der Waals surface area contributed by atoms with Crippen molar-refractivity contribution in [1.82, 2.24) is 9.78 Å². The van der Waals surface area contributed by atoms with Gasteiger partial charge in [0.15, 0.2) is 0 Å². The van der Waals surface area contributed by atoms with Gasteiger partial charge in [-0.15, -0.1) is 0 Å². The molecule has 90 valence electrons. The summed E-state index contributed by atoms with van der Waals surface area (Å²) in [6.45, 7) is 5.67. The van der Waals surface area contributed by atoms with Crippen LogP contribution in [0.2, 0.25) is 0 Å². The maximum atomic E-state index is 5.87. The van der Waals surface area contributed by atoms with Crippen molar-refractivity contribution in [3.63, 3.8) is 0 Å². The van der Waals surface area contributed by atoms with E-state index in [2.05, 4.69) is 18.1 Å². The highest BCUT2D eigenvalue weighted by atomic mass is 16.5. The van der Waals surface area contributed by atoms with Gasteiger partial charge < -0.3 is 10.5 Å². The van der Waals surface area contributed by atoms with Crippen LogP contribution in [-0.2, 0) is 17.9 Å². The molecular weight excluding hydrogens is 202 g/mol. The highest BCUT2D eigenvalue weighted by Crippen LogP contribution is 2.21. The molecule has 1 aromatic heterocycles. The van der Waals surface area contributed by atoms with E-state index in [4.69, 9.17) is 10.5 Å². The van der Waals surface area contributed by atoms with Gasteiger partial charge >= 0.3 is 0 Å². The number of ether oxygens (including phenoxy) is 1. The van der Waals surface area contributed by atoms with Crippen LogP contribution in [0, 0.1) is 6.92 Å². The van der Waals surface area contributed by atoms with Crippen LogP contribution in [0.15, 0.2) is 6.07 Å². The van der Waals surface area contributed by atoms with Crippen molar-refractivity contribution in [3.8, 4) is 0 Å². The van der Waals surface area contributed by atoms with Crippen molar-refractivity contribution < 1.29 is 4.74 Å². The van der Waals surface area contributed by atoms with E-state index in [1.54, 1.807) is 0 Å². The molecule has 2 atom stereocenters.